The first-order chi connectivity index (χ1) is 31.2. The number of aliphatic hydroxyl groups excluding tert-OH is 2. The van der Waals surface area contributed by atoms with Gasteiger partial charge in [0, 0.05) is 18.2 Å². The van der Waals surface area contributed by atoms with Crippen LogP contribution in [-0.2, 0) is 67.2 Å². The molecule has 2 fully saturated rings. The Bertz CT molecular complexity index is 2590. The van der Waals surface area contributed by atoms with Gasteiger partial charge in [-0.3, -0.25) is 19.4 Å². The topological polar surface area (TPSA) is 390 Å². The van der Waals surface area contributed by atoms with E-state index in [1.54, 1.807) is 20.3 Å². The molecular formula is C23H31BCl5F2N14O15P5S3. The van der Waals surface area contributed by atoms with Crippen LogP contribution in [0.1, 0.15) is 13.2 Å². The maximum absolute atomic E-state index is 14.7. The summed E-state index contributed by atoms with van der Waals surface area (Å²) in [6, 6.07) is -0.300. The monoisotopic (exact) mass is 1220 g/mol. The highest BCUT2D eigenvalue weighted by Gasteiger charge is 2.58. The number of hydrogen-bond donors (Lipinski definition) is 8. The molecule has 2 radical (unpaired) electrons. The average Bonchev–Trinajstić information content (AvgIpc) is 4.07. The Kier molecular flexibility index (Phi) is 22.8. The predicted octanol–water partition coefficient (Wildman–Crippen LogP) is 1.93. The van der Waals surface area contributed by atoms with Crippen molar-refractivity contribution in [1.29, 1.82) is 0 Å². The number of alkyl halides is 4. The second kappa shape index (κ2) is 25.5. The molecule has 378 valence electrons. The third-order valence-electron chi connectivity index (χ3n) is 7.70. The zero-order valence-electron chi connectivity index (χ0n) is 33.1. The van der Waals surface area contributed by atoms with Crippen LogP contribution < -0.4 is 11.2 Å². The average molecular weight is 1220 g/mol. The van der Waals surface area contributed by atoms with Crippen LogP contribution in [0.2, 0.25) is 0 Å². The number of aromatic nitrogens is 14. The Balaban J connectivity index is 0.000000267. The summed E-state index contributed by atoms with van der Waals surface area (Å²) in [5.41, 5.74) is -1.94. The van der Waals surface area contributed by atoms with Gasteiger partial charge in [0.15, 0.2) is 6.23 Å². The number of aromatic amines is 2. The largest absolute Gasteiger partial charge is 0.488 e. The van der Waals surface area contributed by atoms with Crippen LogP contribution >= 0.6 is 89.9 Å². The van der Waals surface area contributed by atoms with E-state index in [4.69, 9.17) is 106 Å². The molecule has 0 aromatic carbocycles. The van der Waals surface area contributed by atoms with Crippen LogP contribution in [0.4, 0.5) is 8.78 Å². The first kappa shape index (κ1) is 60.9. The van der Waals surface area contributed by atoms with E-state index in [1.165, 1.54) is 50.6 Å². The highest BCUT2D eigenvalue weighted by molar-refractivity contribution is 8.50. The van der Waals surface area contributed by atoms with E-state index in [0.717, 1.165) is 12.3 Å². The first-order valence-electron chi connectivity index (χ1n) is 17.1. The highest BCUT2D eigenvalue weighted by atomic mass is 36.1. The van der Waals surface area contributed by atoms with Gasteiger partial charge in [-0.25, -0.2) is 47.0 Å². The minimum absolute atomic E-state index is 0.257. The molecule has 2 aliphatic rings. The summed E-state index contributed by atoms with van der Waals surface area (Å²) < 4.78 is 74.7. The second-order valence-electron chi connectivity index (χ2n) is 12.3. The lowest BCUT2D eigenvalue weighted by atomic mass is 9.89. The van der Waals surface area contributed by atoms with Crippen molar-refractivity contribution < 1.29 is 70.3 Å². The smallest absolute Gasteiger partial charge is 0.394 e. The first-order valence-corrected chi connectivity index (χ1v) is 31.6. The third kappa shape index (κ3) is 18.3. The minimum Gasteiger partial charge on any atom is -0.394 e. The van der Waals surface area contributed by atoms with E-state index in [-0.39, 0.29) is 6.61 Å². The number of nitrogens with zero attached hydrogens (tertiary/aromatic N) is 12. The van der Waals surface area contributed by atoms with Crippen LogP contribution in [0.3, 0.4) is 0 Å². The lowest BCUT2D eigenvalue weighted by Crippen LogP contribution is -2.42. The molecule has 45 heteroatoms. The number of hydrogen-bond acceptors (Lipinski definition) is 22. The summed E-state index contributed by atoms with van der Waals surface area (Å²) in [6.07, 6.45) is 6.12. The number of rotatable bonds is 12. The maximum atomic E-state index is 14.7. The van der Waals surface area contributed by atoms with Crippen molar-refractivity contribution in [2.75, 3.05) is 13.2 Å². The van der Waals surface area contributed by atoms with Gasteiger partial charge in [0.2, 0.25) is 9.22 Å². The van der Waals surface area contributed by atoms with Crippen LogP contribution in [0.5, 0.6) is 0 Å². The SMILES string of the molecule is O=c1ccn([C@@H]2O[C@H](COP(O)(=S)OP(=O)(O)OP(=O)(O)O)[C@@H](O)[C@]2(F)Cl)c(=O)[nH]1.S=P(Cl)(Cl)Cl.S=P(n1cncn1)(n1cncn1)n1cncn1.[B][C@@H]1O[C@H](CO)[C@@H](C)[C@]1(F)Cl.c1nc[nH]n1. The summed E-state index contributed by atoms with van der Waals surface area (Å²) in [7, 11) is -5.87. The molecule has 0 saturated carbocycles. The molecule has 0 amide bonds. The van der Waals surface area contributed by atoms with Crippen LogP contribution in [0, 0.1) is 5.92 Å². The number of halogens is 7. The van der Waals surface area contributed by atoms with Gasteiger partial charge in [-0.2, -0.15) is 38.1 Å². The number of phosphoric acid groups is 2. The van der Waals surface area contributed by atoms with Gasteiger partial charge < -0.3 is 43.8 Å². The molecule has 2 unspecified atom stereocenters. The fourth-order valence-corrected chi connectivity index (χ4v) is 11.7. The van der Waals surface area contributed by atoms with Crippen molar-refractivity contribution in [3.8, 4) is 0 Å². The van der Waals surface area contributed by atoms with Crippen LogP contribution in [0.25, 0.3) is 0 Å². The molecule has 10 atom stereocenters. The normalized spacial score (nSPS) is 26.5. The summed E-state index contributed by atoms with van der Waals surface area (Å²) >= 11 is 40.2. The van der Waals surface area contributed by atoms with Gasteiger partial charge >= 0.3 is 28.1 Å². The number of ether oxygens (including phenoxy) is 2. The molecule has 8 N–H and O–H groups in total. The highest BCUT2D eigenvalue weighted by Crippen LogP contribution is 2.66. The third-order valence-corrected chi connectivity index (χ3v) is 17.1. The Morgan fingerprint density at radius 3 is 1.72 bits per heavy atom. The molecule has 7 heterocycles. The fourth-order valence-electron chi connectivity index (χ4n) is 4.75. The standard InChI is InChI=1S/C9H13ClFN2O13P3S.C6H9BClFO2.C6H6N9PS.C2H3N3.Cl3PS/c10-9(11)6(15)4(24-7(9)13-2-1-5(14)12-8(13)16)3-23-29(22,30)26-28(20,21)25-27(17,18)19;1-3-4(2-10)11-5(7)6(3,8)9;17-16(13-4-7-1-10-13,14-5-8-2-11-14)15-6-9-3-12-15;1-3-2-5-4-1;1-4(2,3)5/h1-2,4,6-7,15H,3H2,(H,20,21)(H,22,30)(H,12,14,16)(H2,17,18,19);3-5,10H,2H2,1H3;1-6H;1-2H,(H,3,4,5);/t4-,6-,7-,9-,29?;3-,4-,5-,6-;;;/m11.../s1. The van der Waals surface area contributed by atoms with Gasteiger partial charge in [-0.05, 0) is 35.4 Å². The molecule has 2 saturated heterocycles. The second-order valence-corrected chi connectivity index (χ2v) is 33.4. The number of H-pyrrole nitrogens is 2. The zero-order chi connectivity index (χ0) is 51.5. The lowest BCUT2D eigenvalue weighted by molar-refractivity contribution is -0.0491. The van der Waals surface area contributed by atoms with Crippen molar-refractivity contribution >= 4 is 133 Å². The lowest BCUT2D eigenvalue weighted by Gasteiger charge is -2.22. The van der Waals surface area contributed by atoms with Gasteiger partial charge in [0.05, 0.1) is 25.3 Å². The fraction of sp³-hybridized carbons (Fsp3) is 0.478. The van der Waals surface area contributed by atoms with Crippen molar-refractivity contribution in [3.05, 3.63) is 83.7 Å². The molecule has 5 aromatic heterocycles. The molecule has 29 nitrogen and oxygen atoms in total. The molecule has 5 aromatic rings. The maximum Gasteiger partial charge on any atom is 0.488 e. The van der Waals surface area contributed by atoms with Crippen molar-refractivity contribution in [2.24, 2.45) is 5.92 Å². The molecule has 0 spiro atoms. The van der Waals surface area contributed by atoms with E-state index < -0.39 is 97.5 Å². The summed E-state index contributed by atoms with van der Waals surface area (Å²) in [4.78, 5) is 75.9. The van der Waals surface area contributed by atoms with E-state index in [0.29, 0.717) is 4.57 Å². The summed E-state index contributed by atoms with van der Waals surface area (Å²) in [5, 5.41) is 31.7. The van der Waals surface area contributed by atoms with Gasteiger partial charge in [0.1, 0.15) is 70.7 Å². The molecular weight excluding hydrogens is 1190 g/mol. The summed E-state index contributed by atoms with van der Waals surface area (Å²) in [6.45, 7) is -7.04. The summed E-state index contributed by atoms with van der Waals surface area (Å²) in [5.74, 6) is -0.579. The Hall–Kier alpha value is -1.42. The zero-order valence-corrected chi connectivity index (χ0v) is 43.8. The van der Waals surface area contributed by atoms with Gasteiger partial charge in [0.25, 0.3) is 17.2 Å². The molecule has 7 rings (SSSR count). The van der Waals surface area contributed by atoms with Gasteiger partial charge in [-0.1, -0.05) is 63.8 Å². The van der Waals surface area contributed by atoms with E-state index in [1.807, 2.05) is 4.98 Å². The Morgan fingerprint density at radius 1 is 0.868 bits per heavy atom. The van der Waals surface area contributed by atoms with Crippen LogP contribution in [-0.4, -0.2) is 154 Å². The van der Waals surface area contributed by atoms with Crippen molar-refractivity contribution in [1.82, 2.24) is 68.3 Å². The van der Waals surface area contributed by atoms with E-state index in [9.17, 15) is 37.5 Å². The van der Waals surface area contributed by atoms with E-state index in [2.05, 4.69) is 82.2 Å². The Labute approximate surface area is 419 Å². The predicted molar refractivity (Wildman–Crippen MR) is 247 cm³/mol. The molecule has 68 heavy (non-hydrogen) atoms. The van der Waals surface area contributed by atoms with Crippen molar-refractivity contribution in [2.45, 2.75) is 47.7 Å². The van der Waals surface area contributed by atoms with Crippen molar-refractivity contribution in [3.63, 3.8) is 0 Å². The minimum atomic E-state index is -5.58. The van der Waals surface area contributed by atoms with Crippen LogP contribution in [0.15, 0.2) is 72.5 Å². The number of aliphatic hydroxyl groups is 2. The molecule has 2 aliphatic heterocycles. The number of nitrogens with one attached hydrogen (secondary N) is 2. The van der Waals surface area contributed by atoms with Gasteiger partial charge in [-0.15, -0.1) is 0 Å². The van der Waals surface area contributed by atoms with E-state index >= 15 is 0 Å². The Morgan fingerprint density at radius 2 is 1.38 bits per heavy atom. The molecule has 0 aliphatic carbocycles. The molecule has 0 bridgehead atoms. The quantitative estimate of drug-likeness (QED) is 0.0502.